The molecular formula is C19H30N8O3. The summed E-state index contributed by atoms with van der Waals surface area (Å²) in [6.45, 7) is 3.77. The number of nitro groups is 1. The molecule has 30 heavy (non-hydrogen) atoms. The lowest BCUT2D eigenvalue weighted by atomic mass is 10.2. The van der Waals surface area contributed by atoms with E-state index in [1.807, 2.05) is 30.0 Å². The van der Waals surface area contributed by atoms with Crippen LogP contribution in [0.2, 0.25) is 0 Å². The molecule has 0 radical (unpaired) electrons. The highest BCUT2D eigenvalue weighted by Gasteiger charge is 2.22. The second-order valence-corrected chi connectivity index (χ2v) is 7.09. The van der Waals surface area contributed by atoms with Crippen molar-refractivity contribution >= 4 is 34.4 Å². The fourth-order valence-electron chi connectivity index (χ4n) is 3.20. The van der Waals surface area contributed by atoms with Gasteiger partial charge in [-0.1, -0.05) is 0 Å². The van der Waals surface area contributed by atoms with Crippen LogP contribution >= 0.6 is 0 Å². The molecule has 0 spiro atoms. The Morgan fingerprint density at radius 1 is 0.867 bits per heavy atom. The first-order valence-electron chi connectivity index (χ1n) is 9.47. The zero-order chi connectivity index (χ0) is 22.4. The number of anilines is 5. The van der Waals surface area contributed by atoms with E-state index in [4.69, 9.17) is 10.8 Å². The average Bonchev–Trinajstić information content (AvgIpc) is 2.75. The predicted octanol–water partition coefficient (Wildman–Crippen LogP) is 1.03. The minimum atomic E-state index is -0.421. The Morgan fingerprint density at radius 2 is 1.30 bits per heavy atom. The molecule has 0 amide bonds. The normalized spacial score (nSPS) is 14.6. The Balaban J connectivity index is 0.000000199. The van der Waals surface area contributed by atoms with Gasteiger partial charge in [0.1, 0.15) is 6.20 Å². The highest BCUT2D eigenvalue weighted by molar-refractivity contribution is 5.72. The highest BCUT2D eigenvalue weighted by atomic mass is 16.6. The van der Waals surface area contributed by atoms with Crippen LogP contribution < -0.4 is 25.3 Å². The number of hydrogen-bond donors (Lipinski definition) is 2. The van der Waals surface area contributed by atoms with E-state index in [0.717, 1.165) is 62.0 Å². The van der Waals surface area contributed by atoms with Crippen LogP contribution in [-0.2, 0) is 0 Å². The maximum absolute atomic E-state index is 10.6. The van der Waals surface area contributed by atoms with Crippen molar-refractivity contribution in [3.8, 4) is 0 Å². The van der Waals surface area contributed by atoms with Gasteiger partial charge in [-0.25, -0.2) is 9.97 Å². The van der Waals surface area contributed by atoms with Crippen LogP contribution in [0.25, 0.3) is 0 Å². The highest BCUT2D eigenvalue weighted by Crippen LogP contribution is 2.32. The molecule has 164 valence electrons. The van der Waals surface area contributed by atoms with Crippen LogP contribution in [0, 0.1) is 10.1 Å². The summed E-state index contributed by atoms with van der Waals surface area (Å²) in [6, 6.07) is 3.54. The van der Waals surface area contributed by atoms with Gasteiger partial charge in [-0.3, -0.25) is 10.1 Å². The number of likely N-dealkylation sites (N-methyl/N-ethyl adjacent to an activating group) is 4. The summed E-state index contributed by atoms with van der Waals surface area (Å²) >= 11 is 0. The molecule has 0 unspecified atom stereocenters. The molecule has 0 aromatic carbocycles. The second kappa shape index (κ2) is 9.92. The van der Waals surface area contributed by atoms with E-state index >= 15 is 0 Å². The fraction of sp³-hybridized carbons (Fsp3) is 0.474. The van der Waals surface area contributed by atoms with E-state index in [-0.39, 0.29) is 5.69 Å². The minimum Gasteiger partial charge on any atom is -0.400 e. The monoisotopic (exact) mass is 418 g/mol. The average molecular weight is 419 g/mol. The molecule has 0 saturated heterocycles. The molecule has 2 aliphatic heterocycles. The summed E-state index contributed by atoms with van der Waals surface area (Å²) < 4.78 is 0. The largest absolute Gasteiger partial charge is 0.400 e. The summed E-state index contributed by atoms with van der Waals surface area (Å²) in [5, 5.41) is 17.6. The van der Waals surface area contributed by atoms with Gasteiger partial charge in [0.2, 0.25) is 0 Å². The number of nitrogen functional groups attached to an aromatic ring is 1. The number of aliphatic hydroxyl groups excluding tert-OH is 1. The van der Waals surface area contributed by atoms with Crippen molar-refractivity contribution in [2.75, 3.05) is 86.8 Å². The third-order valence-corrected chi connectivity index (χ3v) is 5.00. The van der Waals surface area contributed by atoms with E-state index in [1.165, 1.54) is 6.20 Å². The Hall–Kier alpha value is -3.34. The van der Waals surface area contributed by atoms with Gasteiger partial charge >= 0.3 is 0 Å². The number of aromatic nitrogens is 2. The first-order valence-corrected chi connectivity index (χ1v) is 9.47. The summed E-state index contributed by atoms with van der Waals surface area (Å²) in [6.07, 6.45) is 3.00. The zero-order valence-corrected chi connectivity index (χ0v) is 18.1. The molecule has 4 heterocycles. The Kier molecular flexibility index (Phi) is 7.59. The number of rotatable bonds is 1. The van der Waals surface area contributed by atoms with E-state index in [1.54, 1.807) is 12.3 Å². The third-order valence-electron chi connectivity index (χ3n) is 5.00. The van der Waals surface area contributed by atoms with Crippen LogP contribution in [0.5, 0.6) is 0 Å². The molecule has 0 aliphatic carbocycles. The Bertz CT molecular complexity index is 879. The maximum Gasteiger partial charge on any atom is 0.289 e. The molecule has 2 aromatic heterocycles. The van der Waals surface area contributed by atoms with E-state index < -0.39 is 4.92 Å². The lowest BCUT2D eigenvalue weighted by molar-refractivity contribution is -0.385. The van der Waals surface area contributed by atoms with Gasteiger partial charge in [0, 0.05) is 67.5 Å². The third kappa shape index (κ3) is 4.98. The van der Waals surface area contributed by atoms with Gasteiger partial charge in [0.25, 0.3) is 5.69 Å². The Labute approximate surface area is 176 Å². The number of fused-ring (bicyclic) bond motifs is 2. The topological polar surface area (TPSA) is 128 Å². The molecule has 0 atom stereocenters. The molecule has 0 fully saturated rings. The molecule has 11 heteroatoms. The summed E-state index contributed by atoms with van der Waals surface area (Å²) in [7, 11) is 8.96. The molecule has 0 bridgehead atoms. The lowest BCUT2D eigenvalue weighted by Crippen LogP contribution is -2.37. The number of nitrogens with zero attached hydrogens (tertiary/aromatic N) is 7. The van der Waals surface area contributed by atoms with Gasteiger partial charge in [-0.2, -0.15) is 0 Å². The smallest absolute Gasteiger partial charge is 0.289 e. The van der Waals surface area contributed by atoms with Gasteiger partial charge in [0.05, 0.1) is 28.2 Å². The van der Waals surface area contributed by atoms with Crippen molar-refractivity contribution < 1.29 is 10.0 Å². The SMILES string of the molecule is CN1CCN(C)c2ncc(N)cc21.CN1CCN(C)c2ncc([N+](=O)[O-])cc21.CO. The van der Waals surface area contributed by atoms with Crippen LogP contribution in [-0.4, -0.2) is 81.5 Å². The van der Waals surface area contributed by atoms with Crippen molar-refractivity contribution in [1.82, 2.24) is 9.97 Å². The van der Waals surface area contributed by atoms with Crippen molar-refractivity contribution in [1.29, 1.82) is 0 Å². The first-order chi connectivity index (χ1) is 14.3. The molecular weight excluding hydrogens is 388 g/mol. The van der Waals surface area contributed by atoms with Gasteiger partial charge in [-0.15, -0.1) is 0 Å². The molecule has 2 aliphatic rings. The zero-order valence-electron chi connectivity index (χ0n) is 18.1. The first kappa shape index (κ1) is 22.9. The van der Waals surface area contributed by atoms with E-state index in [0.29, 0.717) is 0 Å². The number of hydrogen-bond acceptors (Lipinski definition) is 10. The molecule has 11 nitrogen and oxygen atoms in total. The Morgan fingerprint density at radius 3 is 1.80 bits per heavy atom. The van der Waals surface area contributed by atoms with Crippen molar-refractivity contribution in [3.63, 3.8) is 0 Å². The maximum atomic E-state index is 10.6. The van der Waals surface area contributed by atoms with Crippen LogP contribution in [0.1, 0.15) is 0 Å². The van der Waals surface area contributed by atoms with Gasteiger partial charge in [-0.05, 0) is 6.07 Å². The molecule has 0 saturated carbocycles. The summed E-state index contributed by atoms with van der Waals surface area (Å²) in [5.74, 6) is 1.82. The van der Waals surface area contributed by atoms with Crippen molar-refractivity contribution in [2.24, 2.45) is 0 Å². The standard InChI is InChI=1S/C9H12N4O2.C9H14N4.CH4O/c1-11-3-4-12(2)9-8(11)5-7(6-10-9)13(14)15;1-12-3-4-13(2)9-8(12)5-7(10)6-11-9;1-2/h5-6H,3-4H2,1-2H3;5-6H,3-4,10H2,1-2H3;2H,1H3. The summed E-state index contributed by atoms with van der Waals surface area (Å²) in [4.78, 5) is 26.9. The van der Waals surface area contributed by atoms with Gasteiger partial charge < -0.3 is 30.4 Å². The van der Waals surface area contributed by atoms with Crippen molar-refractivity contribution in [3.05, 3.63) is 34.6 Å². The minimum absolute atomic E-state index is 0.0379. The second-order valence-electron chi connectivity index (χ2n) is 7.09. The van der Waals surface area contributed by atoms with Crippen LogP contribution in [0.15, 0.2) is 24.5 Å². The number of pyridine rings is 2. The molecule has 2 aromatic rings. The van der Waals surface area contributed by atoms with Crippen molar-refractivity contribution in [2.45, 2.75) is 0 Å². The van der Waals surface area contributed by atoms with Crippen LogP contribution in [0.4, 0.5) is 34.4 Å². The fourth-order valence-corrected chi connectivity index (χ4v) is 3.20. The summed E-state index contributed by atoms with van der Waals surface area (Å²) in [5.41, 5.74) is 8.38. The predicted molar refractivity (Wildman–Crippen MR) is 121 cm³/mol. The van der Waals surface area contributed by atoms with E-state index in [9.17, 15) is 10.1 Å². The van der Waals surface area contributed by atoms with Crippen LogP contribution in [0.3, 0.4) is 0 Å². The van der Waals surface area contributed by atoms with Gasteiger partial charge in [0.15, 0.2) is 11.6 Å². The molecule has 3 N–H and O–H groups in total. The number of nitrogens with two attached hydrogens (primary N) is 1. The molecule has 4 rings (SSSR count). The number of aliphatic hydroxyl groups is 1. The lowest BCUT2D eigenvalue weighted by Gasteiger charge is -2.33. The van der Waals surface area contributed by atoms with E-state index in [2.05, 4.69) is 33.9 Å². The quantitative estimate of drug-likeness (QED) is 0.512.